The molecule has 1 amide bonds. The Morgan fingerprint density at radius 2 is 1.74 bits per heavy atom. The average molecular weight is 425 g/mol. The van der Waals surface area contributed by atoms with E-state index in [0.29, 0.717) is 22.9 Å². The van der Waals surface area contributed by atoms with E-state index in [4.69, 9.17) is 9.47 Å². The minimum atomic E-state index is -0.736. The van der Waals surface area contributed by atoms with Crippen molar-refractivity contribution in [3.8, 4) is 17.2 Å². The highest BCUT2D eigenvalue weighted by atomic mass is 19.1. The van der Waals surface area contributed by atoms with Crippen LogP contribution in [0.25, 0.3) is 0 Å². The van der Waals surface area contributed by atoms with Crippen LogP contribution in [0.15, 0.2) is 66.7 Å². The molecule has 3 aromatic rings. The lowest BCUT2D eigenvalue weighted by Gasteiger charge is -2.16. The number of non-ortho nitro benzene ring substituents is 1. The maximum absolute atomic E-state index is 14.5. The monoisotopic (exact) mass is 425 g/mol. The third-order valence-electron chi connectivity index (χ3n) is 4.32. The number of hydrogen-bond donors (Lipinski definition) is 2. The summed E-state index contributed by atoms with van der Waals surface area (Å²) in [5.41, 5.74) is 0.525. The van der Waals surface area contributed by atoms with Gasteiger partial charge in [0.25, 0.3) is 5.69 Å². The molecule has 0 fully saturated rings. The Balaban J connectivity index is 1.65. The lowest BCUT2D eigenvalue weighted by Crippen LogP contribution is -2.31. The lowest BCUT2D eigenvalue weighted by molar-refractivity contribution is -0.384. The second kappa shape index (κ2) is 9.57. The van der Waals surface area contributed by atoms with Gasteiger partial charge in [-0.05, 0) is 37.3 Å². The molecule has 1 unspecified atom stereocenters. The molecule has 2 N–H and O–H groups in total. The van der Waals surface area contributed by atoms with Gasteiger partial charge in [0.15, 0.2) is 23.1 Å². The molecule has 3 aromatic carbocycles. The Hall–Kier alpha value is -4.14. The quantitative estimate of drug-likeness (QED) is 0.390. The summed E-state index contributed by atoms with van der Waals surface area (Å²) in [4.78, 5) is 22.7. The molecule has 3 rings (SSSR count). The molecular weight excluding hydrogens is 405 g/mol. The normalized spacial score (nSPS) is 11.3. The molecule has 0 bridgehead atoms. The summed E-state index contributed by atoms with van der Waals surface area (Å²) in [7, 11) is 1.49. The molecule has 1 atom stereocenters. The van der Waals surface area contributed by atoms with E-state index >= 15 is 0 Å². The smallest absolute Gasteiger partial charge is 0.271 e. The van der Waals surface area contributed by atoms with E-state index in [1.807, 2.05) is 0 Å². The van der Waals surface area contributed by atoms with Gasteiger partial charge in [-0.15, -0.1) is 0 Å². The van der Waals surface area contributed by atoms with Crippen molar-refractivity contribution in [2.75, 3.05) is 17.7 Å². The number of nitrogens with one attached hydrogen (secondary N) is 2. The number of nitro groups is 1. The largest absolute Gasteiger partial charge is 0.493 e. The number of para-hydroxylation sites is 2. The zero-order chi connectivity index (χ0) is 22.4. The molecule has 0 aliphatic carbocycles. The number of carbonyl (C=O) groups excluding carboxylic acids is 1. The van der Waals surface area contributed by atoms with Gasteiger partial charge in [-0.3, -0.25) is 14.9 Å². The number of rotatable bonds is 8. The zero-order valence-corrected chi connectivity index (χ0v) is 16.8. The van der Waals surface area contributed by atoms with Crippen molar-refractivity contribution in [3.05, 3.63) is 82.7 Å². The van der Waals surface area contributed by atoms with Crippen molar-refractivity contribution < 1.29 is 23.6 Å². The first-order valence-electron chi connectivity index (χ1n) is 9.29. The number of benzene rings is 3. The fourth-order valence-electron chi connectivity index (χ4n) is 2.76. The van der Waals surface area contributed by atoms with Crippen LogP contribution in [0.3, 0.4) is 0 Å². The number of halogens is 1. The number of hydrogen-bond acceptors (Lipinski definition) is 6. The minimum Gasteiger partial charge on any atom is -0.493 e. The second-order valence-corrected chi connectivity index (χ2v) is 6.56. The number of amides is 1. The topological polar surface area (TPSA) is 103 Å². The molecule has 0 spiro atoms. The average Bonchev–Trinajstić information content (AvgIpc) is 2.76. The Morgan fingerprint density at radius 1 is 1.00 bits per heavy atom. The molecule has 0 heterocycles. The highest BCUT2D eigenvalue weighted by Crippen LogP contribution is 2.33. The fourth-order valence-corrected chi connectivity index (χ4v) is 2.76. The van der Waals surface area contributed by atoms with E-state index in [2.05, 4.69) is 10.6 Å². The van der Waals surface area contributed by atoms with Gasteiger partial charge in [-0.1, -0.05) is 18.2 Å². The standard InChI is InChI=1S/C22H20FN3O5/c1-14(22(27)25-15-6-5-7-17(12-15)26(28)29)24-16-10-11-19(18(23)13-16)31-21-9-4-3-8-20(21)30-2/h3-14,24H,1-2H3,(H,25,27). The number of ether oxygens (including phenoxy) is 2. The van der Waals surface area contributed by atoms with E-state index in [0.717, 1.165) is 0 Å². The number of nitrogens with zero attached hydrogens (tertiary/aromatic N) is 1. The highest BCUT2D eigenvalue weighted by Gasteiger charge is 2.16. The summed E-state index contributed by atoms with van der Waals surface area (Å²) in [6, 6.07) is 16.0. The second-order valence-electron chi connectivity index (χ2n) is 6.56. The van der Waals surface area contributed by atoms with Gasteiger partial charge < -0.3 is 20.1 Å². The molecule has 9 heteroatoms. The molecule has 0 aliphatic heterocycles. The number of methoxy groups -OCH3 is 1. The van der Waals surface area contributed by atoms with Crippen LogP contribution in [0.2, 0.25) is 0 Å². The molecular formula is C22H20FN3O5. The van der Waals surface area contributed by atoms with Crippen LogP contribution in [0.5, 0.6) is 17.2 Å². The van der Waals surface area contributed by atoms with Gasteiger partial charge in [-0.2, -0.15) is 0 Å². The van der Waals surface area contributed by atoms with Crippen molar-refractivity contribution in [1.82, 2.24) is 0 Å². The van der Waals surface area contributed by atoms with Crippen LogP contribution in [0.4, 0.5) is 21.5 Å². The fraction of sp³-hybridized carbons (Fsp3) is 0.136. The third kappa shape index (κ3) is 5.47. The van der Waals surface area contributed by atoms with Crippen molar-refractivity contribution in [3.63, 3.8) is 0 Å². The van der Waals surface area contributed by atoms with E-state index < -0.39 is 22.7 Å². The maximum atomic E-state index is 14.5. The molecule has 0 aromatic heterocycles. The minimum absolute atomic E-state index is 0.00347. The van der Waals surface area contributed by atoms with Crippen molar-refractivity contribution in [2.45, 2.75) is 13.0 Å². The van der Waals surface area contributed by atoms with Gasteiger partial charge in [0.2, 0.25) is 5.91 Å². The predicted octanol–water partition coefficient (Wildman–Crippen LogP) is 4.97. The highest BCUT2D eigenvalue weighted by molar-refractivity contribution is 5.96. The molecule has 0 radical (unpaired) electrons. The summed E-state index contributed by atoms with van der Waals surface area (Å²) >= 11 is 0. The van der Waals surface area contributed by atoms with Crippen LogP contribution in [-0.2, 0) is 4.79 Å². The first-order chi connectivity index (χ1) is 14.9. The van der Waals surface area contributed by atoms with E-state index in [1.54, 1.807) is 43.3 Å². The van der Waals surface area contributed by atoms with Gasteiger partial charge in [-0.25, -0.2) is 4.39 Å². The van der Waals surface area contributed by atoms with Gasteiger partial charge in [0, 0.05) is 29.6 Å². The number of anilines is 2. The molecule has 160 valence electrons. The summed E-state index contributed by atoms with van der Waals surface area (Å²) in [6.07, 6.45) is 0. The van der Waals surface area contributed by atoms with E-state index in [-0.39, 0.29) is 11.4 Å². The summed E-state index contributed by atoms with van der Waals surface area (Å²) in [6.45, 7) is 1.59. The van der Waals surface area contributed by atoms with E-state index in [1.165, 1.54) is 37.4 Å². The van der Waals surface area contributed by atoms with E-state index in [9.17, 15) is 19.3 Å². The van der Waals surface area contributed by atoms with Gasteiger partial charge >= 0.3 is 0 Å². The number of carbonyl (C=O) groups is 1. The Bertz CT molecular complexity index is 1110. The van der Waals surface area contributed by atoms with Crippen LogP contribution >= 0.6 is 0 Å². The summed E-state index contributed by atoms with van der Waals surface area (Å²) in [5.74, 6) is -0.217. The van der Waals surface area contributed by atoms with Crippen LogP contribution in [-0.4, -0.2) is 24.0 Å². The first kappa shape index (κ1) is 21.6. The molecule has 8 nitrogen and oxygen atoms in total. The van der Waals surface area contributed by atoms with Gasteiger partial charge in [0.1, 0.15) is 6.04 Å². The van der Waals surface area contributed by atoms with Crippen molar-refractivity contribution >= 4 is 23.0 Å². The maximum Gasteiger partial charge on any atom is 0.271 e. The predicted molar refractivity (Wildman–Crippen MR) is 114 cm³/mol. The Kier molecular flexibility index (Phi) is 6.66. The Labute approximate surface area is 177 Å². The van der Waals surface area contributed by atoms with Crippen LogP contribution in [0, 0.1) is 15.9 Å². The summed E-state index contributed by atoms with van der Waals surface area (Å²) < 4.78 is 25.3. The lowest BCUT2D eigenvalue weighted by atomic mass is 10.2. The zero-order valence-electron chi connectivity index (χ0n) is 16.8. The summed E-state index contributed by atoms with van der Waals surface area (Å²) in [5, 5.41) is 16.3. The number of nitro benzene ring substituents is 1. The van der Waals surface area contributed by atoms with Gasteiger partial charge in [0.05, 0.1) is 12.0 Å². The first-order valence-corrected chi connectivity index (χ1v) is 9.29. The molecule has 0 saturated carbocycles. The molecule has 0 aliphatic rings. The van der Waals surface area contributed by atoms with Crippen molar-refractivity contribution in [2.24, 2.45) is 0 Å². The van der Waals surface area contributed by atoms with Crippen molar-refractivity contribution in [1.29, 1.82) is 0 Å². The van der Waals surface area contributed by atoms with Crippen LogP contribution in [0.1, 0.15) is 6.92 Å². The van der Waals surface area contributed by atoms with Crippen LogP contribution < -0.4 is 20.1 Å². The Morgan fingerprint density at radius 3 is 2.42 bits per heavy atom. The molecule has 0 saturated heterocycles. The SMILES string of the molecule is COc1ccccc1Oc1ccc(NC(C)C(=O)Nc2cccc([N+](=O)[O-])c2)cc1F. The molecule has 31 heavy (non-hydrogen) atoms. The third-order valence-corrected chi connectivity index (χ3v) is 4.32.